The van der Waals surface area contributed by atoms with E-state index < -0.39 is 5.92 Å². The Morgan fingerprint density at radius 2 is 2.12 bits per heavy atom. The third-order valence-corrected chi connectivity index (χ3v) is 4.03. The number of pyridine rings is 1. The van der Waals surface area contributed by atoms with Gasteiger partial charge in [-0.15, -0.1) is 0 Å². The number of hydrazine groups is 1. The fourth-order valence-electron chi connectivity index (χ4n) is 2.66. The highest BCUT2D eigenvalue weighted by atomic mass is 16.5. The third kappa shape index (κ3) is 5.42. The molecule has 1 heterocycles. The van der Waals surface area contributed by atoms with Crippen molar-refractivity contribution in [1.82, 2.24) is 15.5 Å². The van der Waals surface area contributed by atoms with E-state index in [0.29, 0.717) is 23.7 Å². The lowest BCUT2D eigenvalue weighted by atomic mass is 10.0. The predicted molar refractivity (Wildman–Crippen MR) is 95.7 cm³/mol. The van der Waals surface area contributed by atoms with Gasteiger partial charge in [0.1, 0.15) is 0 Å². The second-order valence-electron chi connectivity index (χ2n) is 5.92. The summed E-state index contributed by atoms with van der Waals surface area (Å²) in [6.45, 7) is 2.04. The van der Waals surface area contributed by atoms with Crippen molar-refractivity contribution in [3.63, 3.8) is 0 Å². The first-order valence-electron chi connectivity index (χ1n) is 8.46. The van der Waals surface area contributed by atoms with Crippen molar-refractivity contribution in [3.05, 3.63) is 36.5 Å². The number of benzene rings is 1. The minimum Gasteiger partial charge on any atom is -0.286 e. The topological polar surface area (TPSA) is 94.6 Å². The highest BCUT2D eigenvalue weighted by Crippen LogP contribution is 2.20. The van der Waals surface area contributed by atoms with Crippen LogP contribution in [-0.2, 0) is 9.59 Å². The van der Waals surface area contributed by atoms with Gasteiger partial charge in [-0.05, 0) is 17.9 Å². The zero-order valence-corrected chi connectivity index (χ0v) is 14.3. The summed E-state index contributed by atoms with van der Waals surface area (Å²) in [5.41, 5.74) is 5.49. The highest BCUT2D eigenvalue weighted by molar-refractivity contribution is 5.92. The van der Waals surface area contributed by atoms with Gasteiger partial charge in [-0.25, -0.2) is 10.0 Å². The number of rotatable bonds is 10. The molecule has 0 spiro atoms. The molecule has 3 N–H and O–H groups in total. The number of amides is 2. The molecule has 0 radical (unpaired) electrons. The normalized spacial score (nSPS) is 11.8. The number of hydrogen-bond donors (Lipinski definition) is 3. The fraction of sp³-hybridized carbons (Fsp3) is 0.389. The summed E-state index contributed by atoms with van der Waals surface area (Å²) in [5, 5.41) is 11.8. The zero-order chi connectivity index (χ0) is 18.1. The van der Waals surface area contributed by atoms with Crippen molar-refractivity contribution < 1.29 is 14.8 Å². The third-order valence-electron chi connectivity index (χ3n) is 4.03. The molecular weight excluding hydrogens is 320 g/mol. The minimum absolute atomic E-state index is 0.0380. The van der Waals surface area contributed by atoms with Gasteiger partial charge in [0.2, 0.25) is 12.3 Å². The fourth-order valence-corrected chi connectivity index (χ4v) is 2.66. The molecule has 0 aliphatic rings. The minimum atomic E-state index is -0.496. The number of unbranched alkanes of at least 4 members (excludes halogenated alkanes) is 2. The summed E-state index contributed by atoms with van der Waals surface area (Å²) in [5.74, 6) is -0.231. The van der Waals surface area contributed by atoms with Crippen molar-refractivity contribution in [2.24, 2.45) is 5.92 Å². The molecule has 0 aliphatic carbocycles. The van der Waals surface area contributed by atoms with E-state index in [-0.39, 0.29) is 12.5 Å². The molecule has 0 aliphatic heterocycles. The lowest BCUT2D eigenvalue weighted by Gasteiger charge is -2.20. The molecular formula is C18H24N4O3. The van der Waals surface area contributed by atoms with Crippen LogP contribution in [0.4, 0.5) is 5.82 Å². The van der Waals surface area contributed by atoms with E-state index in [0.717, 1.165) is 30.0 Å². The van der Waals surface area contributed by atoms with Crippen LogP contribution in [-0.4, -0.2) is 34.1 Å². The first-order chi connectivity index (χ1) is 12.2. The Morgan fingerprint density at radius 1 is 1.32 bits per heavy atom. The van der Waals surface area contributed by atoms with E-state index in [2.05, 4.69) is 22.8 Å². The summed E-state index contributed by atoms with van der Waals surface area (Å²) < 4.78 is 0. The van der Waals surface area contributed by atoms with Crippen LogP contribution in [0.5, 0.6) is 0 Å². The van der Waals surface area contributed by atoms with Gasteiger partial charge in [-0.2, -0.15) is 0 Å². The molecule has 1 aromatic heterocycles. The van der Waals surface area contributed by atoms with Gasteiger partial charge >= 0.3 is 0 Å². The van der Waals surface area contributed by atoms with Crippen LogP contribution in [0, 0.1) is 5.92 Å². The first-order valence-corrected chi connectivity index (χ1v) is 8.46. The molecule has 1 atom stereocenters. The molecule has 0 bridgehead atoms. The number of nitrogens with zero attached hydrogens (tertiary/aromatic N) is 2. The van der Waals surface area contributed by atoms with Crippen LogP contribution in [0.1, 0.15) is 32.6 Å². The maximum Gasteiger partial charge on any atom is 0.243 e. The summed E-state index contributed by atoms with van der Waals surface area (Å²) in [7, 11) is 0. The smallest absolute Gasteiger partial charge is 0.243 e. The van der Waals surface area contributed by atoms with E-state index in [4.69, 9.17) is 0 Å². The Kier molecular flexibility index (Phi) is 7.16. The number of carbonyl (C=O) groups excluding carboxylic acids is 2. The van der Waals surface area contributed by atoms with Crippen molar-refractivity contribution in [2.45, 2.75) is 32.6 Å². The van der Waals surface area contributed by atoms with E-state index in [1.165, 1.54) is 0 Å². The molecule has 0 saturated carbocycles. The Morgan fingerprint density at radius 3 is 2.88 bits per heavy atom. The van der Waals surface area contributed by atoms with Crippen LogP contribution in [0.25, 0.3) is 10.8 Å². The van der Waals surface area contributed by atoms with Crippen molar-refractivity contribution in [1.29, 1.82) is 0 Å². The monoisotopic (exact) mass is 344 g/mol. The number of fused-ring (bicyclic) bond motifs is 1. The van der Waals surface area contributed by atoms with Crippen LogP contribution < -0.4 is 10.9 Å². The lowest BCUT2D eigenvalue weighted by molar-refractivity contribution is -0.154. The maximum atomic E-state index is 12.4. The standard InChI is InChI=1S/C18H24N4O3/c1-2-3-4-8-15(12-22(25)13-23)18(24)21-20-17-16-9-6-5-7-14(16)10-11-19-17/h5-7,9-11,13,15,25H,2-4,8,12H2,1H3,(H,19,20)(H,21,24)/t15-/m1/s1. The molecule has 1 aromatic carbocycles. The van der Waals surface area contributed by atoms with Crippen molar-refractivity contribution in [2.75, 3.05) is 12.0 Å². The summed E-state index contributed by atoms with van der Waals surface area (Å²) >= 11 is 0. The number of hydrogen-bond acceptors (Lipinski definition) is 5. The van der Waals surface area contributed by atoms with Crippen molar-refractivity contribution in [3.8, 4) is 0 Å². The predicted octanol–water partition coefficient (Wildman–Crippen LogP) is 2.72. The van der Waals surface area contributed by atoms with Gasteiger partial charge < -0.3 is 0 Å². The van der Waals surface area contributed by atoms with Gasteiger partial charge in [-0.3, -0.25) is 25.6 Å². The molecule has 7 nitrogen and oxygen atoms in total. The van der Waals surface area contributed by atoms with Gasteiger partial charge in [0.15, 0.2) is 5.82 Å². The van der Waals surface area contributed by atoms with E-state index >= 15 is 0 Å². The lowest BCUT2D eigenvalue weighted by Crippen LogP contribution is -2.40. The molecule has 2 rings (SSSR count). The Hall–Kier alpha value is -2.67. The average molecular weight is 344 g/mol. The molecule has 0 saturated heterocycles. The van der Waals surface area contributed by atoms with Gasteiger partial charge in [0.05, 0.1) is 12.5 Å². The van der Waals surface area contributed by atoms with Crippen LogP contribution in [0.2, 0.25) is 0 Å². The first kappa shape index (κ1) is 18.7. The second kappa shape index (κ2) is 9.58. The molecule has 0 fully saturated rings. The van der Waals surface area contributed by atoms with Gasteiger partial charge in [0, 0.05) is 11.6 Å². The maximum absolute atomic E-state index is 12.4. The van der Waals surface area contributed by atoms with Crippen LogP contribution >= 0.6 is 0 Å². The van der Waals surface area contributed by atoms with E-state index in [1.807, 2.05) is 30.3 Å². The Labute approximate surface area is 147 Å². The van der Waals surface area contributed by atoms with Crippen LogP contribution in [0.3, 0.4) is 0 Å². The Bertz CT molecular complexity index is 702. The average Bonchev–Trinajstić information content (AvgIpc) is 2.65. The van der Waals surface area contributed by atoms with E-state index in [9.17, 15) is 14.8 Å². The van der Waals surface area contributed by atoms with Crippen LogP contribution in [0.15, 0.2) is 36.5 Å². The number of carbonyl (C=O) groups is 2. The summed E-state index contributed by atoms with van der Waals surface area (Å²) in [6, 6.07) is 9.61. The molecule has 0 unspecified atom stereocenters. The second-order valence-corrected chi connectivity index (χ2v) is 5.92. The number of nitrogens with one attached hydrogen (secondary N) is 2. The number of hydroxylamine groups is 2. The molecule has 25 heavy (non-hydrogen) atoms. The zero-order valence-electron chi connectivity index (χ0n) is 14.3. The number of aromatic nitrogens is 1. The summed E-state index contributed by atoms with van der Waals surface area (Å²) in [6.07, 6.45) is 5.44. The van der Waals surface area contributed by atoms with E-state index in [1.54, 1.807) is 6.20 Å². The molecule has 134 valence electrons. The summed E-state index contributed by atoms with van der Waals surface area (Å²) in [4.78, 5) is 27.3. The molecule has 2 aromatic rings. The van der Waals surface area contributed by atoms with Gasteiger partial charge in [0.25, 0.3) is 0 Å². The SMILES string of the molecule is CCCCC[C@H](CN(O)C=O)C(=O)NNc1nccc2ccccc12. The largest absolute Gasteiger partial charge is 0.286 e. The molecule has 7 heteroatoms. The van der Waals surface area contributed by atoms with Crippen molar-refractivity contribution >= 4 is 28.9 Å². The van der Waals surface area contributed by atoms with Gasteiger partial charge in [-0.1, -0.05) is 50.5 Å². The quantitative estimate of drug-likeness (QED) is 0.267. The highest BCUT2D eigenvalue weighted by Gasteiger charge is 2.20. The Balaban J connectivity index is 2.02. The number of anilines is 1. The molecule has 2 amide bonds.